The van der Waals surface area contributed by atoms with E-state index in [1.807, 2.05) is 42.5 Å². The molecule has 0 aliphatic carbocycles. The summed E-state index contributed by atoms with van der Waals surface area (Å²) in [6.07, 6.45) is 0.402. The molecule has 3 rings (SSSR count). The van der Waals surface area contributed by atoms with Gasteiger partial charge in [-0.25, -0.2) is 0 Å². The number of benzene rings is 2. The Balaban J connectivity index is 1.95. The van der Waals surface area contributed by atoms with Crippen LogP contribution < -0.4 is 5.32 Å². The predicted octanol–water partition coefficient (Wildman–Crippen LogP) is 3.00. The molecule has 0 spiro atoms. The molecular formula is C17H16N2O. The fourth-order valence-corrected chi connectivity index (χ4v) is 2.32. The van der Waals surface area contributed by atoms with Crippen LogP contribution in [0.5, 0.6) is 0 Å². The lowest BCUT2D eigenvalue weighted by atomic mass is 10.0. The Morgan fingerprint density at radius 3 is 2.45 bits per heavy atom. The van der Waals surface area contributed by atoms with Crippen molar-refractivity contribution in [3.8, 4) is 0 Å². The van der Waals surface area contributed by atoms with E-state index in [0.717, 1.165) is 11.1 Å². The molecule has 1 aliphatic heterocycles. The smallest absolute Gasteiger partial charge is 0.228 e. The molecular weight excluding hydrogens is 248 g/mol. The Labute approximate surface area is 118 Å². The van der Waals surface area contributed by atoms with Crippen LogP contribution in [-0.4, -0.2) is 11.7 Å². The third-order valence-corrected chi connectivity index (χ3v) is 3.43. The molecule has 1 unspecified atom stereocenters. The number of aryl methyl sites for hydroxylation is 1. The van der Waals surface area contributed by atoms with Gasteiger partial charge in [0.1, 0.15) is 5.84 Å². The number of carbonyl (C=O) groups excluding carboxylic acids is 1. The van der Waals surface area contributed by atoms with Gasteiger partial charge in [-0.2, -0.15) is 0 Å². The van der Waals surface area contributed by atoms with Crippen LogP contribution in [0.1, 0.15) is 29.2 Å². The molecule has 2 aromatic rings. The molecule has 0 saturated heterocycles. The minimum atomic E-state index is -0.0976. The SMILES string of the molecule is Cc1ccc(C2CC(=O)NC(c3ccccc3)=N2)cc1. The number of nitrogens with one attached hydrogen (secondary N) is 1. The largest absolute Gasteiger partial charge is 0.310 e. The minimum absolute atomic E-state index is 0.0180. The monoisotopic (exact) mass is 264 g/mol. The third-order valence-electron chi connectivity index (χ3n) is 3.43. The number of carbonyl (C=O) groups is 1. The van der Waals surface area contributed by atoms with Gasteiger partial charge in [0.05, 0.1) is 12.5 Å². The van der Waals surface area contributed by atoms with E-state index >= 15 is 0 Å². The first-order valence-corrected chi connectivity index (χ1v) is 6.72. The summed E-state index contributed by atoms with van der Waals surface area (Å²) in [6, 6.07) is 17.9. The maximum absolute atomic E-state index is 11.9. The molecule has 0 fully saturated rings. The Bertz CT molecular complexity index is 644. The van der Waals surface area contributed by atoms with Crippen LogP contribution in [0.3, 0.4) is 0 Å². The van der Waals surface area contributed by atoms with Gasteiger partial charge in [-0.1, -0.05) is 60.2 Å². The Morgan fingerprint density at radius 1 is 1.05 bits per heavy atom. The van der Waals surface area contributed by atoms with E-state index in [0.29, 0.717) is 12.3 Å². The number of hydrogen-bond acceptors (Lipinski definition) is 2. The van der Waals surface area contributed by atoms with Crippen molar-refractivity contribution in [2.24, 2.45) is 4.99 Å². The second kappa shape index (κ2) is 5.29. The predicted molar refractivity (Wildman–Crippen MR) is 79.7 cm³/mol. The molecule has 1 atom stereocenters. The summed E-state index contributed by atoms with van der Waals surface area (Å²) in [4.78, 5) is 16.6. The molecule has 1 aliphatic rings. The average Bonchev–Trinajstić information content (AvgIpc) is 2.48. The van der Waals surface area contributed by atoms with Crippen LogP contribution in [0.4, 0.5) is 0 Å². The van der Waals surface area contributed by atoms with E-state index in [1.165, 1.54) is 5.56 Å². The number of hydrogen-bond donors (Lipinski definition) is 1. The lowest BCUT2D eigenvalue weighted by molar-refractivity contribution is -0.120. The van der Waals surface area contributed by atoms with Crippen molar-refractivity contribution in [2.75, 3.05) is 0 Å². The Kier molecular flexibility index (Phi) is 3.33. The van der Waals surface area contributed by atoms with Gasteiger partial charge in [-0.05, 0) is 12.5 Å². The molecule has 0 bridgehead atoms. The first-order valence-electron chi connectivity index (χ1n) is 6.72. The van der Waals surface area contributed by atoms with Crippen molar-refractivity contribution in [1.29, 1.82) is 0 Å². The van der Waals surface area contributed by atoms with Crippen molar-refractivity contribution in [3.05, 3.63) is 71.3 Å². The van der Waals surface area contributed by atoms with Gasteiger partial charge in [0, 0.05) is 5.56 Å². The molecule has 100 valence electrons. The summed E-state index contributed by atoms with van der Waals surface area (Å²) in [5.74, 6) is 0.678. The maximum Gasteiger partial charge on any atom is 0.228 e. The highest BCUT2D eigenvalue weighted by molar-refractivity contribution is 6.09. The van der Waals surface area contributed by atoms with Gasteiger partial charge in [-0.15, -0.1) is 0 Å². The van der Waals surface area contributed by atoms with Gasteiger partial charge in [0.2, 0.25) is 5.91 Å². The maximum atomic E-state index is 11.9. The number of amidine groups is 1. The summed E-state index contributed by atoms with van der Waals surface area (Å²) in [5.41, 5.74) is 3.23. The van der Waals surface area contributed by atoms with Gasteiger partial charge < -0.3 is 5.32 Å². The Morgan fingerprint density at radius 2 is 1.75 bits per heavy atom. The lowest BCUT2D eigenvalue weighted by Gasteiger charge is -2.21. The average molecular weight is 264 g/mol. The van der Waals surface area contributed by atoms with Crippen LogP contribution >= 0.6 is 0 Å². The van der Waals surface area contributed by atoms with Crippen molar-refractivity contribution in [1.82, 2.24) is 5.32 Å². The van der Waals surface area contributed by atoms with Crippen molar-refractivity contribution >= 4 is 11.7 Å². The van der Waals surface area contributed by atoms with Crippen LogP contribution in [0, 0.1) is 6.92 Å². The standard InChI is InChI=1S/C17H16N2O/c1-12-7-9-13(10-8-12)15-11-16(20)19-17(18-15)14-5-3-2-4-6-14/h2-10,15H,11H2,1H3,(H,18,19,20). The molecule has 0 aromatic heterocycles. The third kappa shape index (κ3) is 2.62. The molecule has 3 nitrogen and oxygen atoms in total. The molecule has 2 aromatic carbocycles. The zero-order valence-electron chi connectivity index (χ0n) is 11.3. The van der Waals surface area contributed by atoms with E-state index in [-0.39, 0.29) is 11.9 Å². The summed E-state index contributed by atoms with van der Waals surface area (Å²) in [7, 11) is 0. The van der Waals surface area contributed by atoms with E-state index in [2.05, 4.69) is 29.4 Å². The van der Waals surface area contributed by atoms with E-state index in [4.69, 9.17) is 0 Å². The zero-order chi connectivity index (χ0) is 13.9. The number of rotatable bonds is 2. The van der Waals surface area contributed by atoms with Crippen LogP contribution in [0.25, 0.3) is 0 Å². The van der Waals surface area contributed by atoms with Crippen LogP contribution in [0.15, 0.2) is 59.6 Å². The summed E-state index contributed by atoms with van der Waals surface area (Å²) >= 11 is 0. The van der Waals surface area contributed by atoms with Crippen molar-refractivity contribution in [2.45, 2.75) is 19.4 Å². The summed E-state index contributed by atoms with van der Waals surface area (Å²) < 4.78 is 0. The van der Waals surface area contributed by atoms with E-state index in [9.17, 15) is 4.79 Å². The highest BCUT2D eigenvalue weighted by atomic mass is 16.1. The second-order valence-corrected chi connectivity index (χ2v) is 5.02. The Hall–Kier alpha value is -2.42. The molecule has 20 heavy (non-hydrogen) atoms. The number of amides is 1. The van der Waals surface area contributed by atoms with Gasteiger partial charge in [0.15, 0.2) is 0 Å². The molecule has 1 heterocycles. The minimum Gasteiger partial charge on any atom is -0.310 e. The molecule has 1 N–H and O–H groups in total. The fraction of sp³-hybridized carbons (Fsp3) is 0.176. The van der Waals surface area contributed by atoms with Gasteiger partial charge in [-0.3, -0.25) is 9.79 Å². The molecule has 1 amide bonds. The molecule has 0 radical (unpaired) electrons. The second-order valence-electron chi connectivity index (χ2n) is 5.02. The first-order chi connectivity index (χ1) is 9.72. The highest BCUT2D eigenvalue weighted by Gasteiger charge is 2.22. The fourth-order valence-electron chi connectivity index (χ4n) is 2.32. The molecule has 3 heteroatoms. The summed E-state index contributed by atoms with van der Waals surface area (Å²) in [5, 5.41) is 2.85. The first kappa shape index (κ1) is 12.6. The quantitative estimate of drug-likeness (QED) is 0.890. The number of nitrogens with zero attached hydrogens (tertiary/aromatic N) is 1. The highest BCUT2D eigenvalue weighted by Crippen LogP contribution is 2.25. The zero-order valence-corrected chi connectivity index (χ0v) is 11.3. The van der Waals surface area contributed by atoms with Gasteiger partial charge in [0.25, 0.3) is 0 Å². The summed E-state index contributed by atoms with van der Waals surface area (Å²) in [6.45, 7) is 2.05. The number of aliphatic imine (C=N–C) groups is 1. The van der Waals surface area contributed by atoms with Crippen molar-refractivity contribution in [3.63, 3.8) is 0 Å². The normalized spacial score (nSPS) is 18.4. The van der Waals surface area contributed by atoms with E-state index < -0.39 is 0 Å². The van der Waals surface area contributed by atoms with Gasteiger partial charge >= 0.3 is 0 Å². The molecule has 0 saturated carbocycles. The van der Waals surface area contributed by atoms with Crippen molar-refractivity contribution < 1.29 is 4.79 Å². The topological polar surface area (TPSA) is 41.5 Å². The van der Waals surface area contributed by atoms with Crippen LogP contribution in [-0.2, 0) is 4.79 Å². The lowest BCUT2D eigenvalue weighted by Crippen LogP contribution is -2.36. The van der Waals surface area contributed by atoms with Crippen LogP contribution in [0.2, 0.25) is 0 Å². The van der Waals surface area contributed by atoms with E-state index in [1.54, 1.807) is 0 Å².